The topological polar surface area (TPSA) is 113 Å². The van der Waals surface area contributed by atoms with E-state index in [1.807, 2.05) is 6.92 Å². The van der Waals surface area contributed by atoms with Crippen LogP contribution < -0.4 is 4.72 Å². The van der Waals surface area contributed by atoms with Crippen molar-refractivity contribution in [1.29, 1.82) is 0 Å². The normalized spacial score (nSPS) is 13.6. The monoisotopic (exact) mass is 299 g/mol. The molecule has 8 nitrogen and oxygen atoms in total. The number of sulfonamides is 1. The molecule has 110 valence electrons. The second-order valence-electron chi connectivity index (χ2n) is 4.32. The lowest BCUT2D eigenvalue weighted by atomic mass is 10.3. The van der Waals surface area contributed by atoms with Gasteiger partial charge in [0.1, 0.15) is 12.2 Å². The van der Waals surface area contributed by atoms with Crippen LogP contribution in [-0.2, 0) is 23.2 Å². The van der Waals surface area contributed by atoms with Gasteiger partial charge in [0.05, 0.1) is 17.5 Å². The Hall–Kier alpha value is -1.71. The zero-order chi connectivity index (χ0) is 14.8. The van der Waals surface area contributed by atoms with Crippen LogP contribution in [-0.4, -0.2) is 33.3 Å². The molecule has 2 aromatic rings. The summed E-state index contributed by atoms with van der Waals surface area (Å²) >= 11 is 0. The predicted octanol–water partition coefficient (Wildman–Crippen LogP) is 0.158. The Balaban J connectivity index is 2.24. The quantitative estimate of drug-likeness (QED) is 0.703. The van der Waals surface area contributed by atoms with Crippen molar-refractivity contribution >= 4 is 10.0 Å². The number of hydrogen-bond acceptors (Lipinski definition) is 5. The van der Waals surface area contributed by atoms with Gasteiger partial charge in [-0.15, -0.1) is 0 Å². The summed E-state index contributed by atoms with van der Waals surface area (Å²) in [6.45, 7) is 3.92. The van der Waals surface area contributed by atoms with Crippen molar-refractivity contribution < 1.29 is 13.5 Å². The molecule has 0 aliphatic heterocycles. The molecule has 0 saturated carbocycles. The third kappa shape index (κ3) is 2.89. The highest BCUT2D eigenvalue weighted by Crippen LogP contribution is 2.17. The molecule has 0 aliphatic rings. The Morgan fingerprint density at radius 3 is 2.80 bits per heavy atom. The second-order valence-corrected chi connectivity index (χ2v) is 6.04. The van der Waals surface area contributed by atoms with Gasteiger partial charge in [-0.25, -0.2) is 18.1 Å². The maximum atomic E-state index is 12.3. The number of hydrogen-bond donors (Lipinski definition) is 3. The molecule has 1 atom stereocenters. The van der Waals surface area contributed by atoms with Gasteiger partial charge in [-0.2, -0.15) is 5.10 Å². The molecule has 0 amide bonds. The molecule has 0 aliphatic carbocycles. The van der Waals surface area contributed by atoms with Crippen molar-refractivity contribution in [3.8, 4) is 0 Å². The van der Waals surface area contributed by atoms with Crippen LogP contribution >= 0.6 is 0 Å². The van der Waals surface area contributed by atoms with Crippen LogP contribution in [0.1, 0.15) is 31.4 Å². The molecule has 2 aromatic heterocycles. The van der Waals surface area contributed by atoms with Gasteiger partial charge in [0, 0.05) is 18.4 Å². The van der Waals surface area contributed by atoms with Gasteiger partial charge >= 0.3 is 0 Å². The average molecular weight is 299 g/mol. The fourth-order valence-electron chi connectivity index (χ4n) is 1.88. The van der Waals surface area contributed by atoms with Crippen LogP contribution in [0.4, 0.5) is 0 Å². The second kappa shape index (κ2) is 5.73. The smallest absolute Gasteiger partial charge is 0.242 e. The van der Waals surface area contributed by atoms with E-state index < -0.39 is 16.1 Å². The lowest BCUT2D eigenvalue weighted by molar-refractivity contribution is 0.271. The van der Waals surface area contributed by atoms with Crippen LogP contribution in [0, 0.1) is 0 Å². The van der Waals surface area contributed by atoms with E-state index in [9.17, 15) is 13.5 Å². The summed E-state index contributed by atoms with van der Waals surface area (Å²) in [6, 6.07) is 0.934. The summed E-state index contributed by atoms with van der Waals surface area (Å²) in [5.41, 5.74) is 0.556. The van der Waals surface area contributed by atoms with E-state index in [0.29, 0.717) is 18.1 Å². The number of nitrogens with one attached hydrogen (secondary N) is 2. The number of aliphatic hydroxyl groups is 1. The molecule has 9 heteroatoms. The zero-order valence-electron chi connectivity index (χ0n) is 11.2. The molecule has 2 rings (SSSR count). The molecule has 0 spiro atoms. The summed E-state index contributed by atoms with van der Waals surface area (Å²) in [7, 11) is -3.68. The Morgan fingerprint density at radius 2 is 2.30 bits per heavy atom. The minimum Gasteiger partial charge on any atom is -0.390 e. The van der Waals surface area contributed by atoms with Crippen LogP contribution in [0.25, 0.3) is 0 Å². The maximum Gasteiger partial charge on any atom is 0.242 e. The van der Waals surface area contributed by atoms with Gasteiger partial charge in [-0.1, -0.05) is 0 Å². The number of aryl methyl sites for hydroxylation is 1. The third-order valence-electron chi connectivity index (χ3n) is 2.95. The predicted molar refractivity (Wildman–Crippen MR) is 71.1 cm³/mol. The summed E-state index contributed by atoms with van der Waals surface area (Å²) in [5.74, 6) is 0.436. The number of aromatic amines is 1. The fourth-order valence-corrected chi connectivity index (χ4v) is 3.15. The molecule has 0 bridgehead atoms. The third-order valence-corrected chi connectivity index (χ3v) is 4.46. The van der Waals surface area contributed by atoms with Crippen LogP contribution in [0.2, 0.25) is 0 Å². The van der Waals surface area contributed by atoms with E-state index in [1.54, 1.807) is 11.5 Å². The van der Waals surface area contributed by atoms with Crippen molar-refractivity contribution in [3.05, 3.63) is 30.1 Å². The summed E-state index contributed by atoms with van der Waals surface area (Å²) in [4.78, 5) is 4.03. The van der Waals surface area contributed by atoms with Crippen molar-refractivity contribution in [2.24, 2.45) is 0 Å². The van der Waals surface area contributed by atoms with E-state index in [-0.39, 0.29) is 11.5 Å². The first-order chi connectivity index (χ1) is 9.47. The first-order valence-electron chi connectivity index (χ1n) is 6.15. The Morgan fingerprint density at radius 1 is 1.55 bits per heavy atom. The molecule has 2 heterocycles. The standard InChI is InChI=1S/C11H17N5O3S/c1-3-16-5-10(4-9(16)6-17)20(18,19)15-8(2)11-12-7-13-14-11/h4-5,7-8,15,17H,3,6H2,1-2H3,(H,12,13,14). The van der Waals surface area contributed by atoms with Crippen molar-refractivity contribution in [2.75, 3.05) is 0 Å². The Labute approximate surface area is 116 Å². The van der Waals surface area contributed by atoms with Crippen LogP contribution in [0.5, 0.6) is 0 Å². The molecule has 0 fully saturated rings. The minimum atomic E-state index is -3.68. The van der Waals surface area contributed by atoms with E-state index in [2.05, 4.69) is 19.9 Å². The minimum absolute atomic E-state index is 0.120. The summed E-state index contributed by atoms with van der Waals surface area (Å²) in [6.07, 6.45) is 2.82. The lowest BCUT2D eigenvalue weighted by Crippen LogP contribution is -2.27. The van der Waals surface area contributed by atoms with Gasteiger partial charge in [0.15, 0.2) is 0 Å². The Kier molecular flexibility index (Phi) is 4.21. The first kappa shape index (κ1) is 14.7. The number of H-pyrrole nitrogens is 1. The summed E-state index contributed by atoms with van der Waals surface area (Å²) in [5, 5.41) is 15.5. The number of nitrogens with zero attached hydrogens (tertiary/aromatic N) is 3. The van der Waals surface area contributed by atoms with E-state index in [1.165, 1.54) is 18.6 Å². The zero-order valence-corrected chi connectivity index (χ0v) is 12.1. The van der Waals surface area contributed by atoms with Gasteiger partial charge in [-0.3, -0.25) is 5.10 Å². The molecular weight excluding hydrogens is 282 g/mol. The van der Waals surface area contributed by atoms with Crippen molar-refractivity contribution in [2.45, 2.75) is 37.9 Å². The number of rotatable bonds is 6. The number of aliphatic hydroxyl groups excluding tert-OH is 1. The molecule has 3 N–H and O–H groups in total. The highest BCUT2D eigenvalue weighted by atomic mass is 32.2. The molecule has 20 heavy (non-hydrogen) atoms. The number of aromatic nitrogens is 4. The van der Waals surface area contributed by atoms with E-state index in [4.69, 9.17) is 0 Å². The van der Waals surface area contributed by atoms with Crippen molar-refractivity contribution in [3.63, 3.8) is 0 Å². The van der Waals surface area contributed by atoms with E-state index in [0.717, 1.165) is 0 Å². The largest absolute Gasteiger partial charge is 0.390 e. The van der Waals surface area contributed by atoms with E-state index >= 15 is 0 Å². The van der Waals surface area contributed by atoms with Gasteiger partial charge < -0.3 is 9.67 Å². The van der Waals surface area contributed by atoms with Crippen LogP contribution in [0.15, 0.2) is 23.5 Å². The lowest BCUT2D eigenvalue weighted by Gasteiger charge is -2.10. The SMILES string of the molecule is CCn1cc(S(=O)(=O)NC(C)c2ncn[nH]2)cc1CO. The molecule has 0 aromatic carbocycles. The van der Waals surface area contributed by atoms with Gasteiger partial charge in [0.25, 0.3) is 0 Å². The fraction of sp³-hybridized carbons (Fsp3) is 0.455. The first-order valence-corrected chi connectivity index (χ1v) is 7.63. The van der Waals surface area contributed by atoms with Gasteiger partial charge in [0.2, 0.25) is 10.0 Å². The molecule has 0 saturated heterocycles. The summed E-state index contributed by atoms with van der Waals surface area (Å²) < 4.78 is 28.7. The molecule has 0 radical (unpaired) electrons. The average Bonchev–Trinajstić information content (AvgIpc) is 3.07. The van der Waals surface area contributed by atoms with Crippen molar-refractivity contribution in [1.82, 2.24) is 24.5 Å². The van der Waals surface area contributed by atoms with Crippen LogP contribution in [0.3, 0.4) is 0 Å². The highest BCUT2D eigenvalue weighted by molar-refractivity contribution is 7.89. The Bertz CT molecular complexity index is 641. The van der Waals surface area contributed by atoms with Gasteiger partial charge in [-0.05, 0) is 19.9 Å². The molecular formula is C11H17N5O3S. The highest BCUT2D eigenvalue weighted by Gasteiger charge is 2.22. The molecule has 1 unspecified atom stereocenters. The maximum absolute atomic E-state index is 12.3.